The van der Waals surface area contributed by atoms with Gasteiger partial charge >= 0.3 is 0 Å². The molecule has 23 heavy (non-hydrogen) atoms. The number of nitrogens with two attached hydrogens (primary N) is 1. The average Bonchev–Trinajstić information content (AvgIpc) is 3.00. The molecule has 6 heteroatoms. The van der Waals surface area contributed by atoms with Crippen molar-refractivity contribution >= 4 is 28.7 Å². The lowest BCUT2D eigenvalue weighted by Crippen LogP contribution is -2.04. The zero-order chi connectivity index (χ0) is 15.8. The third-order valence-electron chi connectivity index (χ3n) is 4.62. The highest BCUT2D eigenvalue weighted by atomic mass is 35.5. The first-order valence-corrected chi connectivity index (χ1v) is 8.36. The Hall–Kier alpha value is -2.14. The molecule has 1 saturated carbocycles. The molecule has 2 aromatic heterocycles. The number of nitrogens with zero attached hydrogens (tertiary/aromatic N) is 4. The summed E-state index contributed by atoms with van der Waals surface area (Å²) in [5.74, 6) is 0.854. The first kappa shape index (κ1) is 14.5. The van der Waals surface area contributed by atoms with Crippen molar-refractivity contribution in [2.24, 2.45) is 0 Å². The van der Waals surface area contributed by atoms with Crippen LogP contribution in [0.15, 0.2) is 30.6 Å². The minimum absolute atomic E-state index is 0.156. The van der Waals surface area contributed by atoms with E-state index in [0.29, 0.717) is 17.1 Å². The van der Waals surface area contributed by atoms with Crippen LogP contribution in [0.5, 0.6) is 0 Å². The predicted molar refractivity (Wildman–Crippen MR) is 91.9 cm³/mol. The van der Waals surface area contributed by atoms with E-state index in [-0.39, 0.29) is 11.1 Å². The number of nitrogen functional groups attached to an aromatic ring is 1. The van der Waals surface area contributed by atoms with Gasteiger partial charge in [0.25, 0.3) is 0 Å². The van der Waals surface area contributed by atoms with Crippen LogP contribution >= 0.6 is 11.6 Å². The van der Waals surface area contributed by atoms with Gasteiger partial charge in [-0.2, -0.15) is 9.97 Å². The minimum Gasteiger partial charge on any atom is -0.368 e. The number of benzene rings is 1. The number of hydrogen-bond donors (Lipinski definition) is 1. The van der Waals surface area contributed by atoms with Gasteiger partial charge in [-0.15, -0.1) is 0 Å². The van der Waals surface area contributed by atoms with Crippen LogP contribution in [0.2, 0.25) is 5.15 Å². The van der Waals surface area contributed by atoms with Gasteiger partial charge in [0.15, 0.2) is 10.8 Å². The molecule has 0 bridgehead atoms. The molecule has 1 aliphatic carbocycles. The summed E-state index contributed by atoms with van der Waals surface area (Å²) in [4.78, 5) is 12.5. The Labute approximate surface area is 139 Å². The van der Waals surface area contributed by atoms with Crippen molar-refractivity contribution in [3.05, 3.63) is 41.3 Å². The smallest absolute Gasteiger partial charge is 0.223 e. The van der Waals surface area contributed by atoms with Crippen molar-refractivity contribution in [1.29, 1.82) is 0 Å². The Kier molecular flexibility index (Phi) is 3.65. The molecule has 3 aromatic rings. The van der Waals surface area contributed by atoms with E-state index in [4.69, 9.17) is 17.3 Å². The van der Waals surface area contributed by atoms with Gasteiger partial charge in [0.1, 0.15) is 11.8 Å². The summed E-state index contributed by atoms with van der Waals surface area (Å²) in [6.45, 7) is 0. The molecule has 5 nitrogen and oxygen atoms in total. The van der Waals surface area contributed by atoms with Crippen LogP contribution in [0.3, 0.4) is 0 Å². The van der Waals surface area contributed by atoms with Crippen LogP contribution in [-0.2, 0) is 0 Å². The van der Waals surface area contributed by atoms with E-state index in [0.717, 1.165) is 5.69 Å². The molecule has 0 atom stereocenters. The quantitative estimate of drug-likeness (QED) is 0.719. The summed E-state index contributed by atoms with van der Waals surface area (Å²) < 4.78 is 1.89. The maximum atomic E-state index is 6.08. The Balaban J connectivity index is 1.71. The Morgan fingerprint density at radius 1 is 1.04 bits per heavy atom. The zero-order valence-corrected chi connectivity index (χ0v) is 13.5. The highest BCUT2D eigenvalue weighted by molar-refractivity contribution is 6.33. The summed E-state index contributed by atoms with van der Waals surface area (Å²) in [7, 11) is 0. The number of aromatic nitrogens is 4. The van der Waals surface area contributed by atoms with Gasteiger partial charge < -0.3 is 5.73 Å². The lowest BCUT2D eigenvalue weighted by atomic mass is 9.84. The van der Waals surface area contributed by atoms with Crippen molar-refractivity contribution in [3.63, 3.8) is 0 Å². The summed E-state index contributed by atoms with van der Waals surface area (Å²) in [5.41, 5.74) is 9.33. The van der Waals surface area contributed by atoms with Crippen LogP contribution in [0, 0.1) is 0 Å². The van der Waals surface area contributed by atoms with Gasteiger partial charge in [0.05, 0.1) is 0 Å². The molecule has 0 aliphatic heterocycles. The third-order valence-corrected chi connectivity index (χ3v) is 4.88. The van der Waals surface area contributed by atoms with Crippen molar-refractivity contribution < 1.29 is 0 Å². The van der Waals surface area contributed by atoms with E-state index >= 15 is 0 Å². The summed E-state index contributed by atoms with van der Waals surface area (Å²) in [6.07, 6.45) is 8.36. The first-order chi connectivity index (χ1) is 11.2. The Morgan fingerprint density at radius 3 is 2.52 bits per heavy atom. The SMILES string of the molecule is Nc1nc(Cl)c2ncn(-c3ccc(C4CCCCC4)cc3)c2n1. The summed E-state index contributed by atoms with van der Waals surface area (Å²) in [5, 5.41) is 0.282. The third kappa shape index (κ3) is 2.65. The van der Waals surface area contributed by atoms with Crippen molar-refractivity contribution in [3.8, 4) is 5.69 Å². The molecular weight excluding hydrogens is 310 g/mol. The number of imidazole rings is 1. The second kappa shape index (κ2) is 5.81. The van der Waals surface area contributed by atoms with E-state index in [1.165, 1.54) is 37.7 Å². The molecule has 0 unspecified atom stereocenters. The fourth-order valence-electron chi connectivity index (χ4n) is 3.41. The Bertz CT molecular complexity index is 834. The van der Waals surface area contributed by atoms with Crippen molar-refractivity contribution in [2.45, 2.75) is 38.0 Å². The fourth-order valence-corrected chi connectivity index (χ4v) is 3.63. The van der Waals surface area contributed by atoms with Crippen LogP contribution in [0.4, 0.5) is 5.95 Å². The maximum Gasteiger partial charge on any atom is 0.223 e. The van der Waals surface area contributed by atoms with Crippen LogP contribution < -0.4 is 5.73 Å². The molecule has 2 heterocycles. The first-order valence-electron chi connectivity index (χ1n) is 7.99. The number of rotatable bonds is 2. The number of halogens is 1. The molecule has 1 aliphatic rings. The molecule has 118 valence electrons. The Morgan fingerprint density at radius 2 is 1.78 bits per heavy atom. The lowest BCUT2D eigenvalue weighted by molar-refractivity contribution is 0.443. The summed E-state index contributed by atoms with van der Waals surface area (Å²) >= 11 is 6.08. The molecule has 0 amide bonds. The molecule has 0 spiro atoms. The topological polar surface area (TPSA) is 69.6 Å². The number of hydrogen-bond acceptors (Lipinski definition) is 4. The van der Waals surface area contributed by atoms with Gasteiger partial charge in [-0.3, -0.25) is 4.57 Å². The molecular formula is C17H18ClN5. The van der Waals surface area contributed by atoms with E-state index in [2.05, 4.69) is 39.2 Å². The van der Waals surface area contributed by atoms with Crippen molar-refractivity contribution in [2.75, 3.05) is 5.73 Å². The van der Waals surface area contributed by atoms with Crippen LogP contribution in [0.25, 0.3) is 16.9 Å². The van der Waals surface area contributed by atoms with Gasteiger partial charge in [-0.25, -0.2) is 4.98 Å². The zero-order valence-electron chi connectivity index (χ0n) is 12.7. The van der Waals surface area contributed by atoms with E-state index in [1.807, 2.05) is 4.57 Å². The molecule has 2 N–H and O–H groups in total. The molecule has 0 saturated heterocycles. The molecule has 4 rings (SSSR count). The largest absolute Gasteiger partial charge is 0.368 e. The highest BCUT2D eigenvalue weighted by Crippen LogP contribution is 2.33. The standard InChI is InChI=1S/C17H18ClN5/c18-15-14-16(22-17(19)21-15)23(10-20-14)13-8-6-12(7-9-13)11-4-2-1-3-5-11/h6-11H,1-5H2,(H2,19,21,22). The second-order valence-corrected chi connectivity index (χ2v) is 6.44. The maximum absolute atomic E-state index is 6.08. The molecule has 1 fully saturated rings. The molecule has 0 radical (unpaired) electrons. The fraction of sp³-hybridized carbons (Fsp3) is 0.353. The van der Waals surface area contributed by atoms with E-state index < -0.39 is 0 Å². The van der Waals surface area contributed by atoms with Crippen LogP contribution in [-0.4, -0.2) is 19.5 Å². The molecule has 1 aromatic carbocycles. The average molecular weight is 328 g/mol. The summed E-state index contributed by atoms with van der Waals surface area (Å²) in [6, 6.07) is 8.64. The monoisotopic (exact) mass is 327 g/mol. The lowest BCUT2D eigenvalue weighted by Gasteiger charge is -2.22. The number of fused-ring (bicyclic) bond motifs is 1. The van der Waals surface area contributed by atoms with Crippen molar-refractivity contribution in [1.82, 2.24) is 19.5 Å². The van der Waals surface area contributed by atoms with Gasteiger partial charge in [0.2, 0.25) is 5.95 Å². The van der Waals surface area contributed by atoms with E-state index in [9.17, 15) is 0 Å². The second-order valence-electron chi connectivity index (χ2n) is 6.09. The number of anilines is 1. The van der Waals surface area contributed by atoms with Crippen LogP contribution in [0.1, 0.15) is 43.6 Å². The van der Waals surface area contributed by atoms with E-state index in [1.54, 1.807) is 6.33 Å². The van der Waals surface area contributed by atoms with Gasteiger partial charge in [-0.05, 0) is 36.5 Å². The normalized spacial score (nSPS) is 16.0. The van der Waals surface area contributed by atoms with Gasteiger partial charge in [0, 0.05) is 5.69 Å². The van der Waals surface area contributed by atoms with Gasteiger partial charge in [-0.1, -0.05) is 43.0 Å². The highest BCUT2D eigenvalue weighted by Gasteiger charge is 2.16. The minimum atomic E-state index is 0.156. The predicted octanol–water partition coefficient (Wildman–Crippen LogP) is 4.10.